The van der Waals surface area contributed by atoms with Gasteiger partial charge in [-0.15, -0.1) is 0 Å². The van der Waals surface area contributed by atoms with Crippen molar-refractivity contribution in [1.29, 1.82) is 0 Å². The third-order valence-electron chi connectivity index (χ3n) is 5.07. The van der Waals surface area contributed by atoms with E-state index in [2.05, 4.69) is 13.8 Å². The first-order valence-corrected chi connectivity index (χ1v) is 9.73. The highest BCUT2D eigenvalue weighted by Gasteiger charge is 2.25. The summed E-state index contributed by atoms with van der Waals surface area (Å²) in [5.41, 5.74) is 0. The Morgan fingerprint density at radius 3 is 2.88 bits per heavy atom. The van der Waals surface area contributed by atoms with Gasteiger partial charge in [0.15, 0.2) is 0 Å². The largest absolute Gasteiger partial charge is 0.375 e. The molecular formula is C19H34N2O3. The van der Waals surface area contributed by atoms with Crippen molar-refractivity contribution in [2.45, 2.75) is 71.3 Å². The predicted molar refractivity (Wildman–Crippen MR) is 94.7 cm³/mol. The van der Waals surface area contributed by atoms with Gasteiger partial charge in [-0.2, -0.15) is 0 Å². The van der Waals surface area contributed by atoms with Crippen molar-refractivity contribution in [3.63, 3.8) is 0 Å². The van der Waals surface area contributed by atoms with Crippen LogP contribution in [0.4, 0.5) is 0 Å². The molecule has 2 heterocycles. The fourth-order valence-electron chi connectivity index (χ4n) is 3.54. The average Bonchev–Trinajstić information content (AvgIpc) is 2.77. The molecule has 24 heavy (non-hydrogen) atoms. The molecule has 0 spiro atoms. The van der Waals surface area contributed by atoms with E-state index in [9.17, 15) is 9.59 Å². The van der Waals surface area contributed by atoms with Gasteiger partial charge in [-0.3, -0.25) is 9.59 Å². The summed E-state index contributed by atoms with van der Waals surface area (Å²) >= 11 is 0. The van der Waals surface area contributed by atoms with E-state index in [1.165, 1.54) is 6.42 Å². The summed E-state index contributed by atoms with van der Waals surface area (Å²) < 4.78 is 5.81. The Labute approximate surface area is 146 Å². The van der Waals surface area contributed by atoms with Crippen LogP contribution in [0.5, 0.6) is 0 Å². The highest BCUT2D eigenvalue weighted by molar-refractivity contribution is 5.79. The zero-order chi connectivity index (χ0) is 17.4. The zero-order valence-corrected chi connectivity index (χ0v) is 15.5. The van der Waals surface area contributed by atoms with Gasteiger partial charge in [0.25, 0.3) is 0 Å². The van der Waals surface area contributed by atoms with E-state index in [0.29, 0.717) is 39.1 Å². The summed E-state index contributed by atoms with van der Waals surface area (Å²) in [5, 5.41) is 0. The number of nitrogens with zero attached hydrogens (tertiary/aromatic N) is 2. The molecule has 2 aliphatic heterocycles. The van der Waals surface area contributed by atoms with Crippen LogP contribution >= 0.6 is 0 Å². The molecule has 0 N–H and O–H groups in total. The van der Waals surface area contributed by atoms with Crippen LogP contribution in [0.2, 0.25) is 0 Å². The van der Waals surface area contributed by atoms with E-state index < -0.39 is 0 Å². The SMILES string of the molecule is CC(C)CCCC1CN(C(=O)CCN2CCCCCC2=O)CCO1. The maximum atomic E-state index is 12.5. The third kappa shape index (κ3) is 6.42. The van der Waals surface area contributed by atoms with Crippen LogP contribution in [0.25, 0.3) is 0 Å². The Kier molecular flexibility index (Phi) is 8.03. The van der Waals surface area contributed by atoms with Gasteiger partial charge >= 0.3 is 0 Å². The van der Waals surface area contributed by atoms with Crippen LogP contribution in [0, 0.1) is 5.92 Å². The summed E-state index contributed by atoms with van der Waals surface area (Å²) in [6, 6.07) is 0. The van der Waals surface area contributed by atoms with E-state index in [1.807, 2.05) is 9.80 Å². The molecule has 0 aromatic rings. The van der Waals surface area contributed by atoms with Crippen molar-refractivity contribution in [2.75, 3.05) is 32.8 Å². The molecule has 0 aliphatic carbocycles. The lowest BCUT2D eigenvalue weighted by Crippen LogP contribution is -2.46. The Balaban J connectivity index is 1.71. The summed E-state index contributed by atoms with van der Waals surface area (Å²) in [7, 11) is 0. The van der Waals surface area contributed by atoms with E-state index in [0.717, 1.165) is 44.6 Å². The van der Waals surface area contributed by atoms with E-state index >= 15 is 0 Å². The molecule has 2 amide bonds. The predicted octanol–water partition coefficient (Wildman–Crippen LogP) is 2.83. The van der Waals surface area contributed by atoms with Gasteiger partial charge in [-0.05, 0) is 25.2 Å². The lowest BCUT2D eigenvalue weighted by molar-refractivity contribution is -0.140. The minimum Gasteiger partial charge on any atom is -0.375 e. The van der Waals surface area contributed by atoms with Gasteiger partial charge in [0.2, 0.25) is 11.8 Å². The second-order valence-electron chi connectivity index (χ2n) is 7.60. The monoisotopic (exact) mass is 338 g/mol. The standard InChI is InChI=1S/C19H34N2O3/c1-16(2)7-6-8-17-15-21(13-14-24-17)19(23)10-12-20-11-5-3-4-9-18(20)22/h16-17H,3-15H2,1-2H3. The molecule has 1 unspecified atom stereocenters. The minimum absolute atomic E-state index is 0.171. The molecule has 5 heteroatoms. The van der Waals surface area contributed by atoms with Crippen molar-refractivity contribution in [3.8, 4) is 0 Å². The smallest absolute Gasteiger partial charge is 0.224 e. The Morgan fingerprint density at radius 2 is 2.08 bits per heavy atom. The number of hydrogen-bond donors (Lipinski definition) is 0. The molecule has 2 saturated heterocycles. The molecular weight excluding hydrogens is 304 g/mol. The van der Waals surface area contributed by atoms with Crippen LogP contribution in [0.1, 0.15) is 65.2 Å². The maximum absolute atomic E-state index is 12.5. The quantitative estimate of drug-likeness (QED) is 0.717. The number of likely N-dealkylation sites (tertiary alicyclic amines) is 1. The molecule has 0 saturated carbocycles. The molecule has 138 valence electrons. The van der Waals surface area contributed by atoms with Crippen molar-refractivity contribution in [3.05, 3.63) is 0 Å². The lowest BCUT2D eigenvalue weighted by atomic mass is 10.0. The van der Waals surface area contributed by atoms with Crippen LogP contribution in [0.15, 0.2) is 0 Å². The van der Waals surface area contributed by atoms with Crippen LogP contribution < -0.4 is 0 Å². The minimum atomic E-state index is 0.171. The molecule has 2 rings (SSSR count). The normalized spacial score (nSPS) is 22.8. The summed E-state index contributed by atoms with van der Waals surface area (Å²) in [5.74, 6) is 1.11. The van der Waals surface area contributed by atoms with Gasteiger partial charge in [-0.1, -0.05) is 33.1 Å². The first kappa shape index (κ1) is 19.2. The first-order chi connectivity index (χ1) is 11.6. The number of rotatable bonds is 7. The Hall–Kier alpha value is -1.10. The van der Waals surface area contributed by atoms with Gasteiger partial charge in [0.05, 0.1) is 12.7 Å². The number of hydrogen-bond acceptors (Lipinski definition) is 3. The van der Waals surface area contributed by atoms with Crippen molar-refractivity contribution in [2.24, 2.45) is 5.92 Å². The molecule has 0 aromatic heterocycles. The van der Waals surface area contributed by atoms with Crippen molar-refractivity contribution >= 4 is 11.8 Å². The molecule has 0 bridgehead atoms. The van der Waals surface area contributed by atoms with Crippen molar-refractivity contribution in [1.82, 2.24) is 9.80 Å². The van der Waals surface area contributed by atoms with Gasteiger partial charge in [-0.25, -0.2) is 0 Å². The van der Waals surface area contributed by atoms with Crippen LogP contribution in [-0.4, -0.2) is 60.5 Å². The topological polar surface area (TPSA) is 49.9 Å². The fraction of sp³-hybridized carbons (Fsp3) is 0.895. The summed E-state index contributed by atoms with van der Waals surface area (Å²) in [6.45, 7) is 7.91. The fourth-order valence-corrected chi connectivity index (χ4v) is 3.54. The maximum Gasteiger partial charge on any atom is 0.224 e. The highest BCUT2D eigenvalue weighted by atomic mass is 16.5. The molecule has 0 radical (unpaired) electrons. The molecule has 5 nitrogen and oxygen atoms in total. The zero-order valence-electron chi connectivity index (χ0n) is 15.5. The molecule has 1 atom stereocenters. The lowest BCUT2D eigenvalue weighted by Gasteiger charge is -2.33. The van der Waals surface area contributed by atoms with E-state index in [4.69, 9.17) is 4.74 Å². The van der Waals surface area contributed by atoms with Crippen molar-refractivity contribution < 1.29 is 14.3 Å². The molecule has 2 aliphatic rings. The average molecular weight is 338 g/mol. The Morgan fingerprint density at radius 1 is 1.25 bits per heavy atom. The number of ether oxygens (including phenoxy) is 1. The highest BCUT2D eigenvalue weighted by Crippen LogP contribution is 2.16. The molecule has 0 aromatic carbocycles. The number of carbonyl (C=O) groups is 2. The van der Waals surface area contributed by atoms with Crippen LogP contribution in [0.3, 0.4) is 0 Å². The van der Waals surface area contributed by atoms with E-state index in [-0.39, 0.29) is 17.9 Å². The van der Waals surface area contributed by atoms with Gasteiger partial charge < -0.3 is 14.5 Å². The second kappa shape index (κ2) is 10.0. The summed E-state index contributed by atoms with van der Waals surface area (Å²) in [6.07, 6.45) is 7.86. The van der Waals surface area contributed by atoms with E-state index in [1.54, 1.807) is 0 Å². The third-order valence-corrected chi connectivity index (χ3v) is 5.07. The Bertz CT molecular complexity index is 411. The molecule has 2 fully saturated rings. The van der Waals surface area contributed by atoms with Gasteiger partial charge in [0, 0.05) is 39.0 Å². The number of morpholine rings is 1. The van der Waals surface area contributed by atoms with Crippen LogP contribution in [-0.2, 0) is 14.3 Å². The number of carbonyl (C=O) groups excluding carboxylic acids is 2. The second-order valence-corrected chi connectivity index (χ2v) is 7.60. The van der Waals surface area contributed by atoms with Gasteiger partial charge in [0.1, 0.15) is 0 Å². The summed E-state index contributed by atoms with van der Waals surface area (Å²) in [4.78, 5) is 28.3. The first-order valence-electron chi connectivity index (χ1n) is 9.73. The number of amides is 2.